The molecule has 1 saturated carbocycles. The zero-order valence-corrected chi connectivity index (χ0v) is 14.8. The number of cyclic esters (lactones) is 1. The van der Waals surface area contributed by atoms with Crippen LogP contribution in [0.3, 0.4) is 0 Å². The molecule has 4 rings (SSSR count). The molecule has 7 heteroatoms. The minimum atomic E-state index is -0.374. The number of rotatable bonds is 4. The normalized spacial score (nSPS) is 28.3. The van der Waals surface area contributed by atoms with E-state index in [1.54, 1.807) is 0 Å². The van der Waals surface area contributed by atoms with Gasteiger partial charge in [0.05, 0.1) is 18.2 Å². The third-order valence-electron chi connectivity index (χ3n) is 5.34. The van der Waals surface area contributed by atoms with E-state index in [9.17, 15) is 9.59 Å². The van der Waals surface area contributed by atoms with Crippen LogP contribution in [-0.2, 0) is 20.9 Å². The number of aryl methyl sites for hydroxylation is 1. The number of carbonyl (C=O) groups excluding carboxylic acids is 2. The molecule has 2 heterocycles. The number of nitrogens with one attached hydrogen (secondary N) is 1. The Morgan fingerprint density at radius 2 is 2.20 bits per heavy atom. The fourth-order valence-corrected chi connectivity index (χ4v) is 3.88. The molecule has 1 spiro atoms. The molecule has 3 fully saturated rings. The standard InChI is InChI=1S/C18H21ClN2O4/c1-11-4-12(2-3-15(11)19)9-24-14-7-21(8-14)16(22)13-5-18(6-13)10-25-17(23)20-18/h2-4,13-14H,5-10H2,1H3,(H,20,23)/t13-,18+. The number of benzene rings is 1. The van der Waals surface area contributed by atoms with Crippen LogP contribution in [0.4, 0.5) is 4.79 Å². The number of amides is 2. The molecule has 0 bridgehead atoms. The van der Waals surface area contributed by atoms with Gasteiger partial charge in [-0.3, -0.25) is 4.79 Å². The Bertz CT molecular complexity index is 711. The van der Waals surface area contributed by atoms with Crippen molar-refractivity contribution < 1.29 is 19.1 Å². The van der Waals surface area contributed by atoms with Gasteiger partial charge in [0.15, 0.2) is 0 Å². The molecule has 3 aliphatic rings. The lowest BCUT2D eigenvalue weighted by Crippen LogP contribution is -2.62. The van der Waals surface area contributed by atoms with E-state index >= 15 is 0 Å². The van der Waals surface area contributed by atoms with Gasteiger partial charge in [-0.15, -0.1) is 0 Å². The fourth-order valence-electron chi connectivity index (χ4n) is 3.76. The van der Waals surface area contributed by atoms with E-state index in [0.717, 1.165) is 16.1 Å². The number of nitrogens with zero attached hydrogens (tertiary/aromatic N) is 1. The molecule has 1 aromatic carbocycles. The number of ether oxygens (including phenoxy) is 2. The zero-order chi connectivity index (χ0) is 17.6. The number of alkyl carbamates (subject to hydrolysis) is 1. The first-order valence-electron chi connectivity index (χ1n) is 8.54. The first-order valence-corrected chi connectivity index (χ1v) is 8.92. The molecule has 0 radical (unpaired) electrons. The van der Waals surface area contributed by atoms with E-state index in [1.807, 2.05) is 30.0 Å². The lowest BCUT2D eigenvalue weighted by Gasteiger charge is -2.47. The molecule has 25 heavy (non-hydrogen) atoms. The van der Waals surface area contributed by atoms with Crippen LogP contribution in [0.2, 0.25) is 5.02 Å². The second-order valence-corrected chi connectivity index (χ2v) is 7.75. The number of hydrogen-bond donors (Lipinski definition) is 1. The third-order valence-corrected chi connectivity index (χ3v) is 5.76. The summed E-state index contributed by atoms with van der Waals surface area (Å²) in [5.74, 6) is 0.149. The van der Waals surface area contributed by atoms with Crippen molar-refractivity contribution in [2.24, 2.45) is 5.92 Å². The van der Waals surface area contributed by atoms with Gasteiger partial charge in [0.2, 0.25) is 5.91 Å². The number of halogens is 1. The maximum absolute atomic E-state index is 12.4. The molecular formula is C18H21ClN2O4. The summed E-state index contributed by atoms with van der Waals surface area (Å²) in [6.45, 7) is 4.15. The van der Waals surface area contributed by atoms with Gasteiger partial charge in [0, 0.05) is 24.0 Å². The predicted molar refractivity (Wildman–Crippen MR) is 91.3 cm³/mol. The van der Waals surface area contributed by atoms with Gasteiger partial charge >= 0.3 is 6.09 Å². The Labute approximate surface area is 151 Å². The lowest BCUT2D eigenvalue weighted by atomic mass is 9.68. The van der Waals surface area contributed by atoms with Crippen LogP contribution >= 0.6 is 11.6 Å². The molecule has 0 aromatic heterocycles. The molecular weight excluding hydrogens is 344 g/mol. The van der Waals surface area contributed by atoms with E-state index in [2.05, 4.69) is 5.32 Å². The summed E-state index contributed by atoms with van der Waals surface area (Å²) >= 11 is 6.02. The predicted octanol–water partition coefficient (Wildman–Crippen LogP) is 2.26. The van der Waals surface area contributed by atoms with Gasteiger partial charge in [-0.2, -0.15) is 0 Å². The minimum absolute atomic E-state index is 0.0122. The molecule has 1 aromatic rings. The van der Waals surface area contributed by atoms with E-state index < -0.39 is 0 Å². The van der Waals surface area contributed by atoms with E-state index in [4.69, 9.17) is 21.1 Å². The van der Waals surface area contributed by atoms with Crippen molar-refractivity contribution in [3.05, 3.63) is 34.3 Å². The van der Waals surface area contributed by atoms with E-state index in [0.29, 0.717) is 39.1 Å². The monoisotopic (exact) mass is 364 g/mol. The van der Waals surface area contributed by atoms with E-state index in [1.165, 1.54) is 0 Å². The average molecular weight is 365 g/mol. The van der Waals surface area contributed by atoms with Crippen LogP contribution in [0.5, 0.6) is 0 Å². The SMILES string of the molecule is Cc1cc(COC2CN(C(=O)[C@H]3C[C@]4(COC(=O)N4)C3)C2)ccc1Cl. The van der Waals surface area contributed by atoms with Crippen molar-refractivity contribution in [3.8, 4) is 0 Å². The highest BCUT2D eigenvalue weighted by Crippen LogP contribution is 2.42. The van der Waals surface area contributed by atoms with Crippen LogP contribution in [0.25, 0.3) is 0 Å². The molecule has 0 atom stereocenters. The van der Waals surface area contributed by atoms with Crippen LogP contribution < -0.4 is 5.32 Å². The number of likely N-dealkylation sites (tertiary alicyclic amines) is 1. The average Bonchev–Trinajstić information content (AvgIpc) is 2.90. The Kier molecular flexibility index (Phi) is 4.12. The van der Waals surface area contributed by atoms with Crippen molar-refractivity contribution >= 4 is 23.6 Å². The smallest absolute Gasteiger partial charge is 0.407 e. The Balaban J connectivity index is 1.20. The van der Waals surface area contributed by atoms with Gasteiger partial charge in [-0.05, 0) is 37.0 Å². The summed E-state index contributed by atoms with van der Waals surface area (Å²) in [6.07, 6.45) is 1.05. The number of hydrogen-bond acceptors (Lipinski definition) is 4. The topological polar surface area (TPSA) is 67.9 Å². The molecule has 1 aliphatic carbocycles. The molecule has 2 saturated heterocycles. The highest BCUT2D eigenvalue weighted by Gasteiger charge is 2.54. The minimum Gasteiger partial charge on any atom is -0.447 e. The Morgan fingerprint density at radius 3 is 2.84 bits per heavy atom. The second kappa shape index (κ2) is 6.18. The Hall–Kier alpha value is -1.79. The first kappa shape index (κ1) is 16.7. The summed E-state index contributed by atoms with van der Waals surface area (Å²) in [5, 5.41) is 3.57. The highest BCUT2D eigenvalue weighted by molar-refractivity contribution is 6.31. The summed E-state index contributed by atoms with van der Waals surface area (Å²) in [4.78, 5) is 25.4. The van der Waals surface area contributed by atoms with Crippen molar-refractivity contribution in [2.75, 3.05) is 19.7 Å². The van der Waals surface area contributed by atoms with Gasteiger partial charge in [-0.1, -0.05) is 23.7 Å². The molecule has 2 aliphatic heterocycles. The molecule has 134 valence electrons. The van der Waals surface area contributed by atoms with Gasteiger partial charge in [0.25, 0.3) is 0 Å². The first-order chi connectivity index (χ1) is 11.9. The second-order valence-electron chi connectivity index (χ2n) is 7.35. The lowest BCUT2D eigenvalue weighted by molar-refractivity contribution is -0.155. The maximum atomic E-state index is 12.4. The van der Waals surface area contributed by atoms with Gasteiger partial charge in [0.1, 0.15) is 6.61 Å². The van der Waals surface area contributed by atoms with Crippen molar-refractivity contribution in [1.29, 1.82) is 0 Å². The molecule has 2 amide bonds. The van der Waals surface area contributed by atoms with Crippen molar-refractivity contribution in [2.45, 2.75) is 38.0 Å². The Morgan fingerprint density at radius 1 is 1.44 bits per heavy atom. The summed E-state index contributed by atoms with van der Waals surface area (Å²) < 4.78 is 10.8. The van der Waals surface area contributed by atoms with Crippen molar-refractivity contribution in [1.82, 2.24) is 10.2 Å². The largest absolute Gasteiger partial charge is 0.447 e. The summed E-state index contributed by atoms with van der Waals surface area (Å²) in [7, 11) is 0. The van der Waals surface area contributed by atoms with Crippen LogP contribution in [0, 0.1) is 12.8 Å². The summed E-state index contributed by atoms with van der Waals surface area (Å²) in [5.41, 5.74) is 1.82. The van der Waals surface area contributed by atoms with Crippen LogP contribution in [0.1, 0.15) is 24.0 Å². The summed E-state index contributed by atoms with van der Waals surface area (Å²) in [6, 6.07) is 5.86. The quantitative estimate of drug-likeness (QED) is 0.889. The van der Waals surface area contributed by atoms with Gasteiger partial charge < -0.3 is 19.7 Å². The molecule has 1 N–H and O–H groups in total. The zero-order valence-electron chi connectivity index (χ0n) is 14.1. The highest BCUT2D eigenvalue weighted by atomic mass is 35.5. The number of carbonyl (C=O) groups is 2. The maximum Gasteiger partial charge on any atom is 0.407 e. The van der Waals surface area contributed by atoms with Crippen LogP contribution in [-0.4, -0.2) is 48.2 Å². The van der Waals surface area contributed by atoms with Gasteiger partial charge in [-0.25, -0.2) is 4.79 Å². The molecule has 6 nitrogen and oxygen atoms in total. The van der Waals surface area contributed by atoms with E-state index in [-0.39, 0.29) is 29.6 Å². The third kappa shape index (κ3) is 3.20. The molecule has 0 unspecified atom stereocenters. The van der Waals surface area contributed by atoms with Crippen molar-refractivity contribution in [3.63, 3.8) is 0 Å². The van der Waals surface area contributed by atoms with Crippen LogP contribution in [0.15, 0.2) is 18.2 Å². The fraction of sp³-hybridized carbons (Fsp3) is 0.556.